The van der Waals surface area contributed by atoms with Gasteiger partial charge in [0.2, 0.25) is 0 Å². The molecule has 0 fully saturated rings. The molecule has 0 N–H and O–H groups in total. The van der Waals surface area contributed by atoms with Gasteiger partial charge in [0.25, 0.3) is 0 Å². The van der Waals surface area contributed by atoms with E-state index in [0.29, 0.717) is 5.69 Å². The largest absolute Gasteiger partial charge is 0.658 e. The summed E-state index contributed by atoms with van der Waals surface area (Å²) in [7, 11) is 0. The number of nitrogens with zero attached hydrogens (tertiary/aromatic N) is 2. The average Bonchev–Trinajstić information content (AvgIpc) is 3.08. The van der Waals surface area contributed by atoms with Gasteiger partial charge in [-0.25, -0.2) is 0 Å². The van der Waals surface area contributed by atoms with Crippen LogP contribution in [0.25, 0.3) is 11.3 Å². The van der Waals surface area contributed by atoms with E-state index in [1.165, 1.54) is 18.4 Å². The Balaban J connectivity index is 0.000000173. The predicted octanol–water partition coefficient (Wildman–Crippen LogP) is 4.27. The first-order valence-electron chi connectivity index (χ1n) is 8.28. The molecule has 2 heterocycles. The average molecular weight is 509 g/mol. The summed E-state index contributed by atoms with van der Waals surface area (Å²) in [6, 6.07) is 18.8. The van der Waals surface area contributed by atoms with Gasteiger partial charge in [0, 0.05) is 26.3 Å². The molecule has 0 spiro atoms. The summed E-state index contributed by atoms with van der Waals surface area (Å²) in [6.07, 6.45) is 6.42. The second kappa shape index (κ2) is 9.45. The molecule has 131 valence electrons. The van der Waals surface area contributed by atoms with Gasteiger partial charge in [0.15, 0.2) is 0 Å². The van der Waals surface area contributed by atoms with Gasteiger partial charge in [-0.1, -0.05) is 35.9 Å². The molecule has 2 aromatic heterocycles. The Morgan fingerprint density at radius 2 is 1.92 bits per heavy atom. The molecule has 0 aliphatic heterocycles. The van der Waals surface area contributed by atoms with Crippen LogP contribution in [0.1, 0.15) is 41.5 Å². The number of pyridine rings is 1. The van der Waals surface area contributed by atoms with E-state index in [9.17, 15) is 4.79 Å². The number of hydrogen-bond donors (Lipinski definition) is 0. The van der Waals surface area contributed by atoms with Crippen LogP contribution in [0.2, 0.25) is 0 Å². The topological polar surface area (TPSA) is 44.1 Å². The van der Waals surface area contributed by atoms with E-state index >= 15 is 0 Å². The van der Waals surface area contributed by atoms with Gasteiger partial charge in [-0.15, -0.1) is 35.9 Å². The second-order valence-corrected chi connectivity index (χ2v) is 5.87. The number of aromatic nitrogens is 2. The number of ketones is 1. The molecule has 4 heteroatoms. The standard InChI is InChI=1S/C11H8N.C10H13NO.Ir/c1-2-6-10(7-3-1)11-8-4-5-9-12-11;1-7(12)10-6-8-4-2-3-5-9(8)11-10;/h1-6,8-9H;6H,2-5H2,1H3,(H,11,12);/q-1;;/p-1. The van der Waals surface area contributed by atoms with E-state index in [1.807, 2.05) is 48.5 Å². The molecule has 1 radical (unpaired) electrons. The minimum atomic E-state index is 0. The van der Waals surface area contributed by atoms with Gasteiger partial charge in [0.1, 0.15) is 5.78 Å². The summed E-state index contributed by atoms with van der Waals surface area (Å²) in [5, 5.41) is 0. The molecule has 1 aromatic carbocycles. The summed E-state index contributed by atoms with van der Waals surface area (Å²) in [4.78, 5) is 19.5. The van der Waals surface area contributed by atoms with Crippen LogP contribution in [0.3, 0.4) is 0 Å². The van der Waals surface area contributed by atoms with Crippen molar-refractivity contribution < 1.29 is 24.9 Å². The zero-order chi connectivity index (χ0) is 16.8. The Bertz CT molecular complexity index is 736. The summed E-state index contributed by atoms with van der Waals surface area (Å²) < 4.78 is 0. The minimum absolute atomic E-state index is 0. The Morgan fingerprint density at radius 3 is 2.56 bits per heavy atom. The Morgan fingerprint density at radius 1 is 1.12 bits per heavy atom. The summed E-state index contributed by atoms with van der Waals surface area (Å²) in [6.45, 7) is 1.58. The van der Waals surface area contributed by atoms with E-state index in [2.05, 4.69) is 16.0 Å². The second-order valence-electron chi connectivity index (χ2n) is 5.87. The number of fused-ring (bicyclic) bond motifs is 1. The third-order valence-electron chi connectivity index (χ3n) is 4.06. The van der Waals surface area contributed by atoms with E-state index in [1.54, 1.807) is 13.1 Å². The molecule has 0 bridgehead atoms. The molecule has 1 aliphatic carbocycles. The van der Waals surface area contributed by atoms with Crippen LogP contribution in [0.15, 0.2) is 54.7 Å². The fourth-order valence-electron chi connectivity index (χ4n) is 2.79. The Hall–Kier alpha value is -2.03. The zero-order valence-electron chi connectivity index (χ0n) is 14.2. The Labute approximate surface area is 162 Å². The maximum atomic E-state index is 11.0. The number of rotatable bonds is 2. The number of hydrogen-bond acceptors (Lipinski definition) is 2. The molecule has 0 unspecified atom stereocenters. The predicted molar refractivity (Wildman–Crippen MR) is 94.9 cm³/mol. The van der Waals surface area contributed by atoms with Crippen LogP contribution < -0.4 is 4.98 Å². The number of Topliss-reactive ketones (excluding diaryl/α,β-unsaturated/α-hetero) is 1. The van der Waals surface area contributed by atoms with E-state index in [0.717, 1.165) is 29.8 Å². The molecule has 1 aliphatic rings. The molecular formula is C21H20IrN2O-2. The zero-order valence-corrected chi connectivity index (χ0v) is 16.6. The van der Waals surface area contributed by atoms with Crippen LogP contribution in [0.4, 0.5) is 0 Å². The van der Waals surface area contributed by atoms with Crippen molar-refractivity contribution in [3.8, 4) is 11.3 Å². The normalized spacial score (nSPS) is 12.2. The molecule has 25 heavy (non-hydrogen) atoms. The first kappa shape index (κ1) is 19.3. The van der Waals surface area contributed by atoms with Crippen molar-refractivity contribution in [1.29, 1.82) is 0 Å². The van der Waals surface area contributed by atoms with E-state index in [-0.39, 0.29) is 25.9 Å². The first-order chi connectivity index (χ1) is 11.7. The maximum absolute atomic E-state index is 11.0. The monoisotopic (exact) mass is 509 g/mol. The molecule has 0 saturated carbocycles. The van der Waals surface area contributed by atoms with Crippen LogP contribution in [0.5, 0.6) is 0 Å². The van der Waals surface area contributed by atoms with Crippen LogP contribution in [-0.4, -0.2) is 10.8 Å². The van der Waals surface area contributed by atoms with Crippen molar-refractivity contribution in [2.75, 3.05) is 0 Å². The number of benzene rings is 1. The molecular weight excluding hydrogens is 488 g/mol. The van der Waals surface area contributed by atoms with Gasteiger partial charge in [-0.2, -0.15) is 5.69 Å². The smallest absolute Gasteiger partial charge is 0.138 e. The minimum Gasteiger partial charge on any atom is -0.658 e. The fraction of sp³-hybridized carbons (Fsp3) is 0.238. The van der Waals surface area contributed by atoms with Crippen molar-refractivity contribution in [2.24, 2.45) is 0 Å². The SMILES string of the molecule is CC(=O)c1cc2c([n-]1)CCCC2.[Ir].[c-]1ccccc1-c1ccccn1. The number of carbonyl (C=O) groups excluding carboxylic acids is 1. The molecule has 4 rings (SSSR count). The van der Waals surface area contributed by atoms with Crippen molar-refractivity contribution in [3.05, 3.63) is 77.7 Å². The third kappa shape index (κ3) is 5.22. The van der Waals surface area contributed by atoms with Gasteiger partial charge in [0.05, 0.1) is 0 Å². The van der Waals surface area contributed by atoms with Crippen LogP contribution in [0, 0.1) is 6.07 Å². The molecule has 3 aromatic rings. The summed E-state index contributed by atoms with van der Waals surface area (Å²) >= 11 is 0. The van der Waals surface area contributed by atoms with E-state index < -0.39 is 0 Å². The number of carbonyl (C=O) groups is 1. The summed E-state index contributed by atoms with van der Waals surface area (Å²) in [5.74, 6) is 0.0874. The fourth-order valence-corrected chi connectivity index (χ4v) is 2.79. The molecule has 0 atom stereocenters. The molecule has 3 nitrogen and oxygen atoms in total. The van der Waals surface area contributed by atoms with Crippen molar-refractivity contribution in [3.63, 3.8) is 0 Å². The van der Waals surface area contributed by atoms with E-state index in [4.69, 9.17) is 0 Å². The first-order valence-corrected chi connectivity index (χ1v) is 8.28. The number of aryl methyl sites for hydroxylation is 2. The van der Waals surface area contributed by atoms with Crippen LogP contribution >= 0.6 is 0 Å². The van der Waals surface area contributed by atoms with Gasteiger partial charge in [-0.3, -0.25) is 4.79 Å². The third-order valence-corrected chi connectivity index (χ3v) is 4.06. The molecule has 0 saturated heterocycles. The maximum Gasteiger partial charge on any atom is 0.138 e. The van der Waals surface area contributed by atoms with Gasteiger partial charge < -0.3 is 9.97 Å². The van der Waals surface area contributed by atoms with Crippen molar-refractivity contribution >= 4 is 5.78 Å². The summed E-state index contributed by atoms with van der Waals surface area (Å²) in [5.41, 5.74) is 5.12. The van der Waals surface area contributed by atoms with Gasteiger partial charge in [-0.05, 0) is 37.9 Å². The van der Waals surface area contributed by atoms with Gasteiger partial charge >= 0.3 is 0 Å². The quantitative estimate of drug-likeness (QED) is 0.384. The molecule has 0 amide bonds. The van der Waals surface area contributed by atoms with Crippen LogP contribution in [-0.2, 0) is 32.9 Å². The Kier molecular flexibility index (Phi) is 7.30. The van der Waals surface area contributed by atoms with Crippen molar-refractivity contribution in [2.45, 2.75) is 32.6 Å². The van der Waals surface area contributed by atoms with Crippen molar-refractivity contribution in [1.82, 2.24) is 9.97 Å².